The number of nitrogens with zero attached hydrogens (tertiary/aromatic N) is 2. The van der Waals surface area contributed by atoms with Crippen molar-refractivity contribution in [3.8, 4) is 0 Å². The van der Waals surface area contributed by atoms with Crippen molar-refractivity contribution in [2.45, 2.75) is 12.6 Å². The molecule has 5 heteroatoms. The lowest BCUT2D eigenvalue weighted by molar-refractivity contribution is 0.0633. The maximum atomic E-state index is 13.6. The van der Waals surface area contributed by atoms with E-state index in [0.717, 1.165) is 24.2 Å². The van der Waals surface area contributed by atoms with Crippen LogP contribution in [0.5, 0.6) is 0 Å². The largest absolute Gasteiger partial charge is 0.329 e. The van der Waals surface area contributed by atoms with Gasteiger partial charge in [0.05, 0.1) is 6.04 Å². The summed E-state index contributed by atoms with van der Waals surface area (Å²) in [7, 11) is 4.01. The number of nitrogens with one attached hydrogen (secondary N) is 1. The number of amides is 1. The van der Waals surface area contributed by atoms with Gasteiger partial charge in [-0.1, -0.05) is 24.3 Å². The summed E-state index contributed by atoms with van der Waals surface area (Å²) < 4.78 is 13.6. The molecular weight excluding hydrogens is 317 g/mol. The van der Waals surface area contributed by atoms with Gasteiger partial charge in [0.2, 0.25) is 0 Å². The molecule has 4 nitrogen and oxygen atoms in total. The van der Waals surface area contributed by atoms with Gasteiger partial charge in [-0.25, -0.2) is 4.39 Å². The van der Waals surface area contributed by atoms with E-state index in [9.17, 15) is 9.18 Å². The summed E-state index contributed by atoms with van der Waals surface area (Å²) in [6, 6.07) is 14.1. The summed E-state index contributed by atoms with van der Waals surface area (Å²) in [5.41, 5.74) is 2.61. The smallest absolute Gasteiger partial charge is 0.254 e. The van der Waals surface area contributed by atoms with E-state index >= 15 is 0 Å². The first-order valence-corrected chi connectivity index (χ1v) is 8.55. The molecule has 0 aromatic heterocycles. The predicted molar refractivity (Wildman–Crippen MR) is 96.9 cm³/mol. The van der Waals surface area contributed by atoms with Gasteiger partial charge in [-0.3, -0.25) is 4.79 Å². The normalized spacial score (nSPS) is 17.8. The molecule has 1 aliphatic heterocycles. The van der Waals surface area contributed by atoms with Crippen molar-refractivity contribution in [3.05, 3.63) is 71.0 Å². The quantitative estimate of drug-likeness (QED) is 0.929. The second-order valence-electron chi connectivity index (χ2n) is 6.71. The lowest BCUT2D eigenvalue weighted by Gasteiger charge is -2.36. The fourth-order valence-electron chi connectivity index (χ4n) is 3.29. The Morgan fingerprint density at radius 2 is 2.04 bits per heavy atom. The number of halogens is 1. The Hall–Kier alpha value is -2.24. The van der Waals surface area contributed by atoms with Gasteiger partial charge >= 0.3 is 0 Å². The topological polar surface area (TPSA) is 35.6 Å². The monoisotopic (exact) mass is 341 g/mol. The highest BCUT2D eigenvalue weighted by Gasteiger charge is 2.28. The molecule has 1 atom stereocenters. The molecule has 1 aliphatic rings. The molecule has 132 valence electrons. The van der Waals surface area contributed by atoms with Crippen LogP contribution in [0.4, 0.5) is 4.39 Å². The van der Waals surface area contributed by atoms with Crippen molar-refractivity contribution in [1.29, 1.82) is 0 Å². The third-order valence-electron chi connectivity index (χ3n) is 4.41. The summed E-state index contributed by atoms with van der Waals surface area (Å²) in [6.07, 6.45) is 0. The molecule has 1 saturated heterocycles. The minimum absolute atomic E-state index is 0.00336. The SMILES string of the molecule is CN(C)Cc1cccc(C(=O)N2CCNCC2c2cccc(F)c2)c1. The number of benzene rings is 2. The highest BCUT2D eigenvalue weighted by atomic mass is 19.1. The van der Waals surface area contributed by atoms with E-state index < -0.39 is 0 Å². The minimum atomic E-state index is -0.275. The number of hydrogen-bond acceptors (Lipinski definition) is 3. The molecule has 25 heavy (non-hydrogen) atoms. The number of carbonyl (C=O) groups is 1. The van der Waals surface area contributed by atoms with E-state index in [-0.39, 0.29) is 17.8 Å². The van der Waals surface area contributed by atoms with Gasteiger partial charge in [-0.05, 0) is 49.5 Å². The Bertz CT molecular complexity index is 747. The first-order chi connectivity index (χ1) is 12.0. The van der Waals surface area contributed by atoms with Crippen LogP contribution in [0.1, 0.15) is 27.5 Å². The van der Waals surface area contributed by atoms with Crippen LogP contribution in [0, 0.1) is 5.82 Å². The molecule has 0 radical (unpaired) electrons. The van der Waals surface area contributed by atoms with Crippen molar-refractivity contribution in [2.24, 2.45) is 0 Å². The van der Waals surface area contributed by atoms with Crippen LogP contribution in [-0.4, -0.2) is 49.4 Å². The predicted octanol–water partition coefficient (Wildman–Crippen LogP) is 2.67. The summed E-state index contributed by atoms with van der Waals surface area (Å²) in [5, 5.41) is 3.30. The van der Waals surface area contributed by atoms with Gasteiger partial charge in [-0.15, -0.1) is 0 Å². The number of carbonyl (C=O) groups excluding carboxylic acids is 1. The van der Waals surface area contributed by atoms with Crippen LogP contribution in [0.15, 0.2) is 48.5 Å². The molecule has 1 N–H and O–H groups in total. The zero-order chi connectivity index (χ0) is 17.8. The molecular formula is C20H24FN3O. The molecule has 2 aromatic carbocycles. The van der Waals surface area contributed by atoms with Crippen LogP contribution in [0.2, 0.25) is 0 Å². The van der Waals surface area contributed by atoms with Gasteiger partial charge in [0.15, 0.2) is 0 Å². The maximum Gasteiger partial charge on any atom is 0.254 e. The number of rotatable bonds is 4. The standard InChI is InChI=1S/C20H24FN3O/c1-23(2)14-15-5-3-7-17(11-15)20(25)24-10-9-22-13-19(24)16-6-4-8-18(21)12-16/h3-8,11-12,19,22H,9-10,13-14H2,1-2H3. The zero-order valence-corrected chi connectivity index (χ0v) is 14.7. The Balaban J connectivity index is 1.86. The third-order valence-corrected chi connectivity index (χ3v) is 4.41. The Morgan fingerprint density at radius 3 is 2.80 bits per heavy atom. The second kappa shape index (κ2) is 7.76. The molecule has 3 rings (SSSR count). The van der Waals surface area contributed by atoms with Crippen LogP contribution in [-0.2, 0) is 6.54 Å². The Kier molecular flexibility index (Phi) is 5.46. The van der Waals surface area contributed by atoms with Crippen LogP contribution >= 0.6 is 0 Å². The summed E-state index contributed by atoms with van der Waals surface area (Å²) in [5.74, 6) is -0.278. The zero-order valence-electron chi connectivity index (χ0n) is 14.7. The Labute approximate surface area is 148 Å². The lowest BCUT2D eigenvalue weighted by Crippen LogP contribution is -2.48. The first kappa shape index (κ1) is 17.6. The first-order valence-electron chi connectivity index (χ1n) is 8.55. The summed E-state index contributed by atoms with van der Waals surface area (Å²) >= 11 is 0. The third kappa shape index (κ3) is 4.24. The van der Waals surface area contributed by atoms with Crippen molar-refractivity contribution >= 4 is 5.91 Å². The molecule has 0 aliphatic carbocycles. The van der Waals surface area contributed by atoms with E-state index in [2.05, 4.69) is 10.2 Å². The fraction of sp³-hybridized carbons (Fsp3) is 0.350. The van der Waals surface area contributed by atoms with E-state index in [1.807, 2.05) is 49.3 Å². The van der Waals surface area contributed by atoms with E-state index in [1.165, 1.54) is 12.1 Å². The Morgan fingerprint density at radius 1 is 1.24 bits per heavy atom. The van der Waals surface area contributed by atoms with Crippen LogP contribution < -0.4 is 5.32 Å². The molecule has 0 saturated carbocycles. The molecule has 1 heterocycles. The van der Waals surface area contributed by atoms with Gasteiger partial charge < -0.3 is 15.1 Å². The van der Waals surface area contributed by atoms with Crippen molar-refractivity contribution in [3.63, 3.8) is 0 Å². The molecule has 0 bridgehead atoms. The van der Waals surface area contributed by atoms with E-state index in [1.54, 1.807) is 6.07 Å². The molecule has 1 fully saturated rings. The highest BCUT2D eigenvalue weighted by molar-refractivity contribution is 5.94. The molecule has 1 amide bonds. The van der Waals surface area contributed by atoms with Crippen molar-refractivity contribution < 1.29 is 9.18 Å². The average molecular weight is 341 g/mol. The average Bonchev–Trinajstić information content (AvgIpc) is 2.61. The minimum Gasteiger partial charge on any atom is -0.329 e. The van der Waals surface area contributed by atoms with Crippen molar-refractivity contribution in [2.75, 3.05) is 33.7 Å². The highest BCUT2D eigenvalue weighted by Crippen LogP contribution is 2.25. The fourth-order valence-corrected chi connectivity index (χ4v) is 3.29. The van der Waals surface area contributed by atoms with Crippen LogP contribution in [0.25, 0.3) is 0 Å². The van der Waals surface area contributed by atoms with E-state index in [4.69, 9.17) is 0 Å². The number of hydrogen-bond donors (Lipinski definition) is 1. The van der Waals surface area contributed by atoms with Gasteiger partial charge in [-0.2, -0.15) is 0 Å². The lowest BCUT2D eigenvalue weighted by atomic mass is 10.0. The molecule has 2 aromatic rings. The second-order valence-corrected chi connectivity index (χ2v) is 6.71. The van der Waals surface area contributed by atoms with Crippen molar-refractivity contribution in [1.82, 2.24) is 15.1 Å². The van der Waals surface area contributed by atoms with Gasteiger partial charge in [0.1, 0.15) is 5.82 Å². The van der Waals surface area contributed by atoms with Gasteiger partial charge in [0.25, 0.3) is 5.91 Å². The maximum absolute atomic E-state index is 13.6. The van der Waals surface area contributed by atoms with Crippen LogP contribution in [0.3, 0.4) is 0 Å². The molecule has 1 unspecified atom stereocenters. The summed E-state index contributed by atoms with van der Waals surface area (Å²) in [4.78, 5) is 17.0. The summed E-state index contributed by atoms with van der Waals surface area (Å²) in [6.45, 7) is 2.77. The van der Waals surface area contributed by atoms with E-state index in [0.29, 0.717) is 18.7 Å². The number of piperazine rings is 1. The van der Waals surface area contributed by atoms with Gasteiger partial charge in [0, 0.05) is 31.7 Å². The molecule has 0 spiro atoms.